The van der Waals surface area contributed by atoms with Gasteiger partial charge in [-0.05, 0) is 141 Å². The zero-order chi connectivity index (χ0) is 68.9. The van der Waals surface area contributed by atoms with Gasteiger partial charge in [-0.3, -0.25) is 19.6 Å². The van der Waals surface area contributed by atoms with E-state index in [1.54, 1.807) is 36.0 Å². The number of rotatable bonds is 16. The second-order valence-corrected chi connectivity index (χ2v) is 28.9. The van der Waals surface area contributed by atoms with Crippen LogP contribution in [0.25, 0.3) is 0 Å². The molecule has 0 amide bonds. The number of anilines is 8. The fourth-order valence-corrected chi connectivity index (χ4v) is 16.0. The Morgan fingerprint density at radius 3 is 1.03 bits per heavy atom. The first-order valence-corrected chi connectivity index (χ1v) is 38.1. The highest BCUT2D eigenvalue weighted by molar-refractivity contribution is 9.10. The first-order chi connectivity index (χ1) is 49.0. The average molecular weight is 1460 g/mol. The van der Waals surface area contributed by atoms with Crippen molar-refractivity contribution >= 4 is 84.8 Å². The highest BCUT2D eigenvalue weighted by atomic mass is 79.9. The van der Waals surface area contributed by atoms with Crippen LogP contribution in [-0.4, -0.2) is 222 Å². The molecule has 0 radical (unpaired) electrons. The summed E-state index contributed by atoms with van der Waals surface area (Å²) in [6.45, 7) is 39.4. The number of likely N-dealkylation sites (N-methyl/N-ethyl adjacent to an activating group) is 4. The van der Waals surface area contributed by atoms with Crippen LogP contribution in [0.4, 0.5) is 54.3 Å². The summed E-state index contributed by atoms with van der Waals surface area (Å²) in [5, 5.41) is 0.739. The number of halogens is 4. The number of piperazine rings is 4. The topological polar surface area (TPSA) is 66.6 Å². The normalized spacial score (nSPS) is 17.8. The van der Waals surface area contributed by atoms with Crippen molar-refractivity contribution in [3.63, 3.8) is 0 Å². The molecule has 4 fully saturated rings. The maximum absolute atomic E-state index is 13.9. The van der Waals surface area contributed by atoms with Crippen LogP contribution in [0.15, 0.2) is 184 Å². The van der Waals surface area contributed by atoms with Gasteiger partial charge in [-0.2, -0.15) is 0 Å². The van der Waals surface area contributed by atoms with Gasteiger partial charge in [0.05, 0.1) is 45.5 Å². The third kappa shape index (κ3) is 17.5. The molecule has 4 saturated heterocycles. The highest BCUT2D eigenvalue weighted by Gasteiger charge is 2.31. The lowest BCUT2D eigenvalue weighted by Crippen LogP contribution is -2.48. The van der Waals surface area contributed by atoms with E-state index in [1.807, 2.05) is 84.9 Å². The van der Waals surface area contributed by atoms with Crippen molar-refractivity contribution in [1.29, 1.82) is 0 Å². The minimum atomic E-state index is -0.233. The number of benzene rings is 8. The summed E-state index contributed by atoms with van der Waals surface area (Å²) in [4.78, 5) is 31.7. The molecular weight excluding hydrogens is 1360 g/mol. The molecule has 0 unspecified atom stereocenters. The SMILES string of the molecule is CCN1CCN(CCN2c3ccccc3Oc3ccc(Br)cc32)CC1.CCN1CCN(CCN2c3ccccc3Oc3ccc(Cl)cc32)CC1.CCN1CCN(CCN2c3ccccc3Oc3ccc(F)cc32)CC1.CCN1CCN(CCN2c3ccccc3Sc3ccc(F)cc32)CC1. The molecule has 0 N–H and O–H groups in total. The molecule has 8 aliphatic heterocycles. The Hall–Kier alpha value is -6.98. The summed E-state index contributed by atoms with van der Waals surface area (Å²) >= 11 is 11.6. The molecule has 100 heavy (non-hydrogen) atoms. The summed E-state index contributed by atoms with van der Waals surface area (Å²) in [6.07, 6.45) is 0. The first-order valence-electron chi connectivity index (χ1n) is 36.1. The van der Waals surface area contributed by atoms with Crippen LogP contribution in [-0.2, 0) is 0 Å². The lowest BCUT2D eigenvalue weighted by atomic mass is 10.1. The van der Waals surface area contributed by atoms with Crippen LogP contribution in [0.3, 0.4) is 0 Å². The smallest absolute Gasteiger partial charge is 0.151 e. The highest BCUT2D eigenvalue weighted by Crippen LogP contribution is 2.51. The number of para-hydroxylation sites is 7. The van der Waals surface area contributed by atoms with Crippen molar-refractivity contribution < 1.29 is 23.0 Å². The molecule has 0 saturated carbocycles. The predicted octanol–water partition coefficient (Wildman–Crippen LogP) is 16.3. The van der Waals surface area contributed by atoms with Crippen LogP contribution in [0.5, 0.6) is 34.5 Å². The minimum absolute atomic E-state index is 0.166. The lowest BCUT2D eigenvalue weighted by Gasteiger charge is -2.37. The zero-order valence-corrected chi connectivity index (χ0v) is 61.6. The number of fused-ring (bicyclic) bond motifs is 8. The number of hydrogen-bond donors (Lipinski definition) is 0. The largest absolute Gasteiger partial charge is 0.453 e. The van der Waals surface area contributed by atoms with E-state index in [1.165, 1.54) is 42.8 Å². The number of nitrogens with zero attached hydrogens (tertiary/aromatic N) is 12. The molecule has 0 spiro atoms. The summed E-state index contributed by atoms with van der Waals surface area (Å²) in [7, 11) is 0. The van der Waals surface area contributed by atoms with E-state index < -0.39 is 0 Å². The van der Waals surface area contributed by atoms with E-state index in [9.17, 15) is 8.78 Å². The van der Waals surface area contributed by atoms with Crippen LogP contribution in [0.2, 0.25) is 5.02 Å². The maximum Gasteiger partial charge on any atom is 0.151 e. The van der Waals surface area contributed by atoms with Crippen LogP contribution in [0.1, 0.15) is 27.7 Å². The van der Waals surface area contributed by atoms with E-state index in [0.29, 0.717) is 0 Å². The van der Waals surface area contributed by atoms with Gasteiger partial charge in [0.2, 0.25) is 0 Å². The van der Waals surface area contributed by atoms with E-state index >= 15 is 0 Å². The standard InChI is InChI=1S/C20H24BrN3O.C20H24ClN3O.C20H24FN3O.C20H24FN3S/c4*1-2-22-9-11-23(12-10-22)13-14-24-17-5-3-4-6-19(17)25-20-8-7-16(21)15-18(20)24/h4*3-8,15H,2,9-14H2,1H3. The fourth-order valence-electron chi connectivity index (χ4n) is 14.5. The molecule has 15 nitrogen and oxygen atoms in total. The second-order valence-electron chi connectivity index (χ2n) is 26.4. The second kappa shape index (κ2) is 34.3. The Bertz CT molecular complexity index is 3490. The Morgan fingerprint density at radius 2 is 0.610 bits per heavy atom. The average Bonchev–Trinajstić information content (AvgIpc) is 0.795. The van der Waals surface area contributed by atoms with Crippen LogP contribution >= 0.6 is 39.3 Å². The summed E-state index contributed by atoms with van der Waals surface area (Å²) in [5.74, 6) is 4.80. The van der Waals surface area contributed by atoms with E-state index in [2.05, 4.69) is 157 Å². The molecule has 8 aromatic carbocycles. The summed E-state index contributed by atoms with van der Waals surface area (Å²) in [5.41, 5.74) is 8.47. The van der Waals surface area contributed by atoms with Crippen molar-refractivity contribution in [1.82, 2.24) is 39.2 Å². The number of hydrogen-bond acceptors (Lipinski definition) is 16. The van der Waals surface area contributed by atoms with Crippen LogP contribution < -0.4 is 33.8 Å². The van der Waals surface area contributed by atoms with Crippen molar-refractivity contribution in [2.24, 2.45) is 0 Å². The lowest BCUT2D eigenvalue weighted by molar-refractivity contribution is 0.140. The molecule has 0 aromatic heterocycles. The maximum atomic E-state index is 13.9. The van der Waals surface area contributed by atoms with Crippen molar-refractivity contribution in [2.75, 3.05) is 203 Å². The van der Waals surface area contributed by atoms with Gasteiger partial charge in [-0.15, -0.1) is 0 Å². The molecule has 8 aromatic rings. The van der Waals surface area contributed by atoms with Gasteiger partial charge in [0, 0.05) is 182 Å². The Labute approximate surface area is 609 Å². The number of ether oxygens (including phenoxy) is 3. The summed E-state index contributed by atoms with van der Waals surface area (Å²) in [6, 6.07) is 54.9. The predicted molar refractivity (Wildman–Crippen MR) is 411 cm³/mol. The van der Waals surface area contributed by atoms with E-state index in [-0.39, 0.29) is 11.6 Å². The monoisotopic (exact) mass is 1460 g/mol. The van der Waals surface area contributed by atoms with Crippen LogP contribution in [0, 0.1) is 11.6 Å². The fraction of sp³-hybridized carbons (Fsp3) is 0.400. The first kappa shape index (κ1) is 71.4. The molecule has 528 valence electrons. The minimum Gasteiger partial charge on any atom is -0.453 e. The molecule has 0 bridgehead atoms. The summed E-state index contributed by atoms with van der Waals surface area (Å²) < 4.78 is 46.9. The Morgan fingerprint density at radius 1 is 0.310 bits per heavy atom. The van der Waals surface area contributed by atoms with E-state index in [0.717, 1.165) is 246 Å². The molecule has 8 heterocycles. The molecule has 0 atom stereocenters. The van der Waals surface area contributed by atoms with Crippen molar-refractivity contribution in [3.05, 3.63) is 191 Å². The quantitative estimate of drug-likeness (QED) is 0.0921. The molecule has 20 heteroatoms. The van der Waals surface area contributed by atoms with Gasteiger partial charge in [-0.1, -0.05) is 116 Å². The molecule has 0 aliphatic carbocycles. The van der Waals surface area contributed by atoms with Crippen molar-refractivity contribution in [3.8, 4) is 34.5 Å². The Balaban J connectivity index is 0.000000119. The third-order valence-electron chi connectivity index (χ3n) is 20.6. The van der Waals surface area contributed by atoms with Gasteiger partial charge in [0.25, 0.3) is 0 Å². The van der Waals surface area contributed by atoms with Crippen molar-refractivity contribution in [2.45, 2.75) is 37.5 Å². The molecule has 16 rings (SSSR count). The van der Waals surface area contributed by atoms with Gasteiger partial charge >= 0.3 is 0 Å². The van der Waals surface area contributed by atoms with Gasteiger partial charge < -0.3 is 53.4 Å². The van der Waals surface area contributed by atoms with Gasteiger partial charge in [-0.25, -0.2) is 8.78 Å². The molecular formula is C80H96BrClF2N12O3S. The van der Waals surface area contributed by atoms with Gasteiger partial charge in [0.15, 0.2) is 34.5 Å². The Kier molecular flexibility index (Phi) is 24.5. The van der Waals surface area contributed by atoms with E-state index in [4.69, 9.17) is 25.8 Å². The zero-order valence-electron chi connectivity index (χ0n) is 58.5. The van der Waals surface area contributed by atoms with Gasteiger partial charge in [0.1, 0.15) is 11.6 Å². The third-order valence-corrected chi connectivity index (χ3v) is 22.4. The molecule has 8 aliphatic rings.